The summed E-state index contributed by atoms with van der Waals surface area (Å²) in [4.78, 5) is 29.0. The summed E-state index contributed by atoms with van der Waals surface area (Å²) in [5.41, 5.74) is 5.50. The van der Waals surface area contributed by atoms with Crippen molar-refractivity contribution in [3.63, 3.8) is 0 Å². The van der Waals surface area contributed by atoms with Crippen LogP contribution in [0.4, 0.5) is 23.7 Å². The fraction of sp³-hybridized carbons (Fsp3) is 0.130. The molecule has 0 atom stereocenters. The highest BCUT2D eigenvalue weighted by Crippen LogP contribution is 2.27. The molecule has 0 unspecified atom stereocenters. The van der Waals surface area contributed by atoms with E-state index in [1.54, 1.807) is 35.9 Å². The molecule has 0 saturated carbocycles. The number of aryl methyl sites for hydroxylation is 1. The van der Waals surface area contributed by atoms with Crippen LogP contribution in [-0.2, 0) is 4.79 Å². The molecule has 0 aliphatic rings. The van der Waals surface area contributed by atoms with Crippen LogP contribution >= 0.6 is 0 Å². The number of pyridine rings is 2. The van der Waals surface area contributed by atoms with Crippen LogP contribution in [0.25, 0.3) is 28.2 Å². The normalized spacial score (nSPS) is 10.8. The van der Waals surface area contributed by atoms with E-state index in [1.165, 1.54) is 0 Å². The van der Waals surface area contributed by atoms with Crippen LogP contribution in [0.1, 0.15) is 5.56 Å². The van der Waals surface area contributed by atoms with Crippen LogP contribution in [0.2, 0.25) is 0 Å². The number of nitrogens with zero attached hydrogens (tertiary/aromatic N) is 3. The third-order valence-corrected chi connectivity index (χ3v) is 4.66. The third-order valence-electron chi connectivity index (χ3n) is 4.66. The molecule has 8 nitrogen and oxygen atoms in total. The Bertz CT molecular complexity index is 1300. The largest absolute Gasteiger partial charge is 0.483 e. The Morgan fingerprint density at radius 3 is 2.59 bits per heavy atom. The number of hydrogen-bond acceptors (Lipinski definition) is 4. The van der Waals surface area contributed by atoms with Crippen LogP contribution < -0.4 is 10.6 Å². The van der Waals surface area contributed by atoms with Gasteiger partial charge in [-0.3, -0.25) is 14.2 Å². The highest BCUT2D eigenvalue weighted by molar-refractivity contribution is 5.90. The predicted molar refractivity (Wildman–Crippen MR) is 120 cm³/mol. The molecule has 0 aliphatic carbocycles. The van der Waals surface area contributed by atoms with Gasteiger partial charge in [-0.25, -0.2) is 9.78 Å². The summed E-state index contributed by atoms with van der Waals surface area (Å²) in [7, 11) is 0. The summed E-state index contributed by atoms with van der Waals surface area (Å²) in [6, 6.07) is 13.6. The topological polar surface area (TPSA) is 109 Å². The molecule has 11 heteroatoms. The molecule has 0 saturated heterocycles. The summed E-state index contributed by atoms with van der Waals surface area (Å²) in [5.74, 6) is 0. The number of benzene rings is 1. The number of imidazole rings is 1. The highest BCUT2D eigenvalue weighted by Gasteiger charge is 2.27. The van der Waals surface area contributed by atoms with Crippen LogP contribution in [-0.4, -0.2) is 44.7 Å². The fourth-order valence-corrected chi connectivity index (χ4v) is 3.24. The van der Waals surface area contributed by atoms with Crippen LogP contribution in [0, 0.1) is 6.92 Å². The van der Waals surface area contributed by atoms with Crippen LogP contribution in [0.5, 0.6) is 0 Å². The Labute approximate surface area is 192 Å². The van der Waals surface area contributed by atoms with Crippen molar-refractivity contribution >= 4 is 23.8 Å². The third kappa shape index (κ3) is 6.09. The molecule has 4 rings (SSSR count). The number of alkyl halides is 3. The zero-order valence-electron chi connectivity index (χ0n) is 17.9. The van der Waals surface area contributed by atoms with E-state index in [1.807, 2.05) is 47.9 Å². The number of hydrogen-bond donors (Lipinski definition) is 3. The lowest BCUT2D eigenvalue weighted by molar-refractivity contribution is -0.123. The molecule has 0 aliphatic heterocycles. The Balaban J connectivity index is 0.00000103. The first-order valence-electron chi connectivity index (χ1n) is 9.91. The first-order valence-corrected chi connectivity index (χ1v) is 9.91. The first kappa shape index (κ1) is 24.2. The minimum atomic E-state index is -4.47. The van der Waals surface area contributed by atoms with Gasteiger partial charge in [0.2, 0.25) is 0 Å². The number of nitrogens with one attached hydrogen (secondary N) is 2. The van der Waals surface area contributed by atoms with Gasteiger partial charge >= 0.3 is 12.2 Å². The quantitative estimate of drug-likeness (QED) is 0.372. The van der Waals surface area contributed by atoms with Crippen molar-refractivity contribution < 1.29 is 27.9 Å². The molecule has 34 heavy (non-hydrogen) atoms. The lowest BCUT2D eigenvalue weighted by Gasteiger charge is -2.11. The minimum absolute atomic E-state index is 0.250. The molecular formula is C23H20F3N5O3. The zero-order chi connectivity index (χ0) is 24.7. The summed E-state index contributed by atoms with van der Waals surface area (Å²) in [5, 5.41) is 11.1. The Kier molecular flexibility index (Phi) is 7.46. The molecular weight excluding hydrogens is 451 g/mol. The van der Waals surface area contributed by atoms with Gasteiger partial charge in [0.05, 0.1) is 17.6 Å². The maximum absolute atomic E-state index is 12.3. The van der Waals surface area contributed by atoms with Crippen molar-refractivity contribution in [1.29, 1.82) is 0 Å². The van der Waals surface area contributed by atoms with E-state index in [2.05, 4.69) is 15.3 Å². The monoisotopic (exact) mass is 471 g/mol. The lowest BCUT2D eigenvalue weighted by atomic mass is 10.1. The van der Waals surface area contributed by atoms with E-state index >= 15 is 0 Å². The van der Waals surface area contributed by atoms with Crippen LogP contribution in [0.3, 0.4) is 0 Å². The molecule has 176 valence electrons. The van der Waals surface area contributed by atoms with Crippen molar-refractivity contribution in [2.24, 2.45) is 0 Å². The number of anilines is 1. The van der Waals surface area contributed by atoms with Crippen LogP contribution in [0.15, 0.2) is 67.1 Å². The molecule has 4 aromatic rings. The van der Waals surface area contributed by atoms with E-state index in [-0.39, 0.29) is 6.47 Å². The maximum atomic E-state index is 12.3. The summed E-state index contributed by atoms with van der Waals surface area (Å²) < 4.78 is 38.7. The van der Waals surface area contributed by atoms with Gasteiger partial charge in [-0.05, 0) is 42.8 Å². The van der Waals surface area contributed by atoms with Gasteiger partial charge in [0.1, 0.15) is 12.2 Å². The second-order valence-electron chi connectivity index (χ2n) is 7.07. The van der Waals surface area contributed by atoms with E-state index in [9.17, 15) is 18.0 Å². The Morgan fingerprint density at radius 2 is 1.88 bits per heavy atom. The minimum Gasteiger partial charge on any atom is -0.483 e. The van der Waals surface area contributed by atoms with Gasteiger partial charge in [-0.2, -0.15) is 13.2 Å². The van der Waals surface area contributed by atoms with E-state index in [0.29, 0.717) is 5.69 Å². The number of fused-ring (bicyclic) bond motifs is 1. The van der Waals surface area contributed by atoms with E-state index in [0.717, 1.165) is 33.7 Å². The molecule has 0 radical (unpaired) electrons. The van der Waals surface area contributed by atoms with Gasteiger partial charge < -0.3 is 15.7 Å². The second kappa shape index (κ2) is 10.5. The smallest absolute Gasteiger partial charge is 0.405 e. The van der Waals surface area contributed by atoms with Crippen molar-refractivity contribution in [2.45, 2.75) is 13.1 Å². The second-order valence-corrected chi connectivity index (χ2v) is 7.07. The molecule has 3 N–H and O–H groups in total. The number of halogens is 3. The van der Waals surface area contributed by atoms with Gasteiger partial charge in [-0.1, -0.05) is 18.2 Å². The predicted octanol–water partition coefficient (Wildman–Crippen LogP) is 4.76. The number of carboxylic acid groups (broad SMARTS) is 1. The molecule has 3 heterocycles. The summed E-state index contributed by atoms with van der Waals surface area (Å²) >= 11 is 0. The average Bonchev–Trinajstić information content (AvgIpc) is 3.22. The number of amides is 2. The van der Waals surface area contributed by atoms with Crippen molar-refractivity contribution in [3.05, 3.63) is 72.7 Å². The fourth-order valence-electron chi connectivity index (χ4n) is 3.24. The van der Waals surface area contributed by atoms with E-state index < -0.39 is 18.8 Å². The number of carbonyl (C=O) groups excluding carboxylic acids is 1. The van der Waals surface area contributed by atoms with Crippen molar-refractivity contribution in [3.8, 4) is 22.5 Å². The van der Waals surface area contributed by atoms with Gasteiger partial charge in [0.25, 0.3) is 6.47 Å². The van der Waals surface area contributed by atoms with Crippen molar-refractivity contribution in [1.82, 2.24) is 19.7 Å². The number of rotatable bonds is 4. The SMILES string of the molecule is Cc1cccnc1-c1ccn2c(-c3cccc(NC(=O)NCC(F)(F)F)c3)cnc2c1.O=CO. The molecule has 0 spiro atoms. The van der Waals surface area contributed by atoms with Gasteiger partial charge in [0.15, 0.2) is 0 Å². The van der Waals surface area contributed by atoms with Gasteiger partial charge in [0, 0.05) is 29.2 Å². The molecule has 0 fully saturated rings. The summed E-state index contributed by atoms with van der Waals surface area (Å²) in [6.45, 7) is 0.344. The molecule has 1 aromatic carbocycles. The first-order chi connectivity index (χ1) is 16.2. The van der Waals surface area contributed by atoms with E-state index in [4.69, 9.17) is 9.90 Å². The molecule has 0 bridgehead atoms. The Morgan fingerprint density at radius 1 is 1.12 bits per heavy atom. The van der Waals surface area contributed by atoms with Gasteiger partial charge in [-0.15, -0.1) is 0 Å². The average molecular weight is 471 g/mol. The maximum Gasteiger partial charge on any atom is 0.405 e. The zero-order valence-corrected chi connectivity index (χ0v) is 17.9. The highest BCUT2D eigenvalue weighted by atomic mass is 19.4. The van der Waals surface area contributed by atoms with Crippen molar-refractivity contribution in [2.75, 3.05) is 11.9 Å². The molecule has 3 aromatic heterocycles. The molecule has 2 amide bonds. The summed E-state index contributed by atoms with van der Waals surface area (Å²) in [6.07, 6.45) is 0.861. The number of urea groups is 1. The lowest BCUT2D eigenvalue weighted by Crippen LogP contribution is -2.36. The Hall–Kier alpha value is -4.41. The number of aromatic nitrogens is 3. The number of carbonyl (C=O) groups is 2. The standard InChI is InChI=1S/C22H18F3N5O.CH2O2/c1-14-4-3-8-26-20(14)16-7-9-30-18(12-27-19(30)11-16)15-5-2-6-17(10-15)29-21(31)28-13-22(23,24)25;2-1-3/h2-12H,13H2,1H3,(H2,28,29,31);1H,(H,2,3).